The predicted molar refractivity (Wildman–Crippen MR) is 79.9 cm³/mol. The number of benzene rings is 1. The summed E-state index contributed by atoms with van der Waals surface area (Å²) in [5, 5.41) is 11.1. The van der Waals surface area contributed by atoms with Crippen molar-refractivity contribution in [3.05, 3.63) is 41.0 Å². The number of sulfone groups is 1. The lowest BCUT2D eigenvalue weighted by Crippen LogP contribution is -2.28. The zero-order valence-electron chi connectivity index (χ0n) is 11.8. The van der Waals surface area contributed by atoms with Gasteiger partial charge in [-0.05, 0) is 36.3 Å². The first kappa shape index (κ1) is 16.9. The second-order valence-corrected chi connectivity index (χ2v) is 6.89. The number of carboxylic acid groups (broad SMARTS) is 1. The number of nitrogens with one attached hydrogen (secondary N) is 1. The van der Waals surface area contributed by atoms with Crippen LogP contribution < -0.4 is 5.32 Å². The van der Waals surface area contributed by atoms with Crippen LogP contribution in [-0.4, -0.2) is 44.0 Å². The molecule has 0 aliphatic carbocycles. The zero-order valence-corrected chi connectivity index (χ0v) is 12.6. The molecule has 0 atom stereocenters. The summed E-state index contributed by atoms with van der Waals surface area (Å²) in [7, 11) is -3.13. The summed E-state index contributed by atoms with van der Waals surface area (Å²) >= 11 is 0. The van der Waals surface area contributed by atoms with Crippen LogP contribution in [0.5, 0.6) is 0 Å². The summed E-state index contributed by atoms with van der Waals surface area (Å²) in [5.41, 5.74) is 1.80. The van der Waals surface area contributed by atoms with Gasteiger partial charge in [-0.2, -0.15) is 0 Å². The van der Waals surface area contributed by atoms with Crippen LogP contribution in [0.1, 0.15) is 21.5 Å². The molecule has 7 heteroatoms. The zero-order chi connectivity index (χ0) is 16.0. The van der Waals surface area contributed by atoms with Crippen LogP contribution in [0.2, 0.25) is 0 Å². The summed E-state index contributed by atoms with van der Waals surface area (Å²) in [6, 6.07) is 4.86. The fourth-order valence-electron chi connectivity index (χ4n) is 1.57. The molecule has 21 heavy (non-hydrogen) atoms. The van der Waals surface area contributed by atoms with Gasteiger partial charge in [-0.15, -0.1) is 0 Å². The molecule has 0 aliphatic rings. The highest BCUT2D eigenvalue weighted by atomic mass is 32.2. The van der Waals surface area contributed by atoms with Gasteiger partial charge in [-0.1, -0.05) is 6.07 Å². The third-order valence-electron chi connectivity index (χ3n) is 2.71. The molecular formula is C14H17NO5S. The maximum atomic E-state index is 11.9. The molecular weight excluding hydrogens is 294 g/mol. The van der Waals surface area contributed by atoms with Crippen LogP contribution >= 0.6 is 0 Å². The van der Waals surface area contributed by atoms with Crippen LogP contribution in [0.25, 0.3) is 6.08 Å². The third kappa shape index (κ3) is 6.22. The Morgan fingerprint density at radius 1 is 1.33 bits per heavy atom. The first-order chi connectivity index (χ1) is 9.69. The molecule has 0 heterocycles. The molecule has 0 fully saturated rings. The van der Waals surface area contributed by atoms with Crippen molar-refractivity contribution in [2.45, 2.75) is 6.92 Å². The summed E-state index contributed by atoms with van der Waals surface area (Å²) in [6.07, 6.45) is 3.50. The van der Waals surface area contributed by atoms with Crippen LogP contribution in [0.3, 0.4) is 0 Å². The number of aliphatic carboxylic acids is 1. The number of amides is 1. The van der Waals surface area contributed by atoms with Crippen LogP contribution in [0.4, 0.5) is 0 Å². The van der Waals surface area contributed by atoms with E-state index in [1.807, 2.05) is 0 Å². The first-order valence-electron chi connectivity index (χ1n) is 6.16. The molecule has 0 unspecified atom stereocenters. The van der Waals surface area contributed by atoms with Crippen molar-refractivity contribution >= 4 is 27.8 Å². The van der Waals surface area contributed by atoms with Crippen molar-refractivity contribution in [1.29, 1.82) is 0 Å². The molecule has 114 valence electrons. The average molecular weight is 311 g/mol. The van der Waals surface area contributed by atoms with Gasteiger partial charge in [0.05, 0.1) is 5.75 Å². The molecule has 0 saturated heterocycles. The third-order valence-corrected chi connectivity index (χ3v) is 3.65. The van der Waals surface area contributed by atoms with Crippen molar-refractivity contribution in [2.24, 2.45) is 0 Å². The number of aryl methyl sites for hydroxylation is 1. The molecule has 0 radical (unpaired) electrons. The fourth-order valence-corrected chi connectivity index (χ4v) is 2.05. The van der Waals surface area contributed by atoms with Gasteiger partial charge in [0.2, 0.25) is 0 Å². The highest BCUT2D eigenvalue weighted by Crippen LogP contribution is 2.13. The highest BCUT2D eigenvalue weighted by molar-refractivity contribution is 7.90. The lowest BCUT2D eigenvalue weighted by atomic mass is 10.0. The molecule has 1 aromatic rings. The molecule has 0 aliphatic heterocycles. The van der Waals surface area contributed by atoms with Gasteiger partial charge >= 0.3 is 5.97 Å². The number of carbonyl (C=O) groups excluding carboxylic acids is 1. The Hall–Kier alpha value is -2.15. The Morgan fingerprint density at radius 3 is 2.57 bits per heavy atom. The second-order valence-electron chi connectivity index (χ2n) is 4.63. The number of carboxylic acids is 1. The van der Waals surface area contributed by atoms with Crippen molar-refractivity contribution < 1.29 is 23.1 Å². The topological polar surface area (TPSA) is 101 Å². The SMILES string of the molecule is Cc1ccc(C(=O)NCCS(C)(=O)=O)cc1/C=C/C(=O)O. The van der Waals surface area contributed by atoms with E-state index >= 15 is 0 Å². The van der Waals surface area contributed by atoms with Crippen LogP contribution in [0, 0.1) is 6.92 Å². The maximum absolute atomic E-state index is 11.9. The van der Waals surface area contributed by atoms with E-state index in [2.05, 4.69) is 5.32 Å². The Morgan fingerprint density at radius 2 is 2.00 bits per heavy atom. The molecule has 0 aromatic heterocycles. The van der Waals surface area contributed by atoms with Crippen molar-refractivity contribution in [2.75, 3.05) is 18.6 Å². The minimum Gasteiger partial charge on any atom is -0.478 e. The van der Waals surface area contributed by atoms with Gasteiger partial charge in [-0.3, -0.25) is 4.79 Å². The maximum Gasteiger partial charge on any atom is 0.328 e. The molecule has 1 rings (SSSR count). The molecule has 2 N–H and O–H groups in total. The lowest BCUT2D eigenvalue weighted by molar-refractivity contribution is -0.131. The van der Waals surface area contributed by atoms with Gasteiger partial charge in [0.1, 0.15) is 9.84 Å². The Labute approximate surface area is 123 Å². The monoisotopic (exact) mass is 311 g/mol. The lowest BCUT2D eigenvalue weighted by Gasteiger charge is -2.07. The summed E-state index contributed by atoms with van der Waals surface area (Å²) in [4.78, 5) is 22.4. The molecule has 6 nitrogen and oxygen atoms in total. The van der Waals surface area contributed by atoms with Crippen molar-refractivity contribution in [1.82, 2.24) is 5.32 Å². The van der Waals surface area contributed by atoms with E-state index in [4.69, 9.17) is 5.11 Å². The average Bonchev–Trinajstić information content (AvgIpc) is 2.35. The fraction of sp³-hybridized carbons (Fsp3) is 0.286. The molecule has 0 spiro atoms. The largest absolute Gasteiger partial charge is 0.478 e. The van der Waals surface area contributed by atoms with E-state index in [1.54, 1.807) is 25.1 Å². The number of rotatable bonds is 6. The molecule has 1 amide bonds. The van der Waals surface area contributed by atoms with Gasteiger partial charge < -0.3 is 10.4 Å². The number of carbonyl (C=O) groups is 2. The highest BCUT2D eigenvalue weighted by Gasteiger charge is 2.08. The van der Waals surface area contributed by atoms with E-state index in [1.165, 1.54) is 6.08 Å². The predicted octanol–water partition coefficient (Wildman–Crippen LogP) is 0.867. The number of hydrogen-bond acceptors (Lipinski definition) is 4. The molecule has 1 aromatic carbocycles. The van der Waals surface area contributed by atoms with E-state index in [0.29, 0.717) is 11.1 Å². The first-order valence-corrected chi connectivity index (χ1v) is 8.22. The quantitative estimate of drug-likeness (QED) is 0.759. The van der Waals surface area contributed by atoms with Gasteiger partial charge in [0, 0.05) is 24.4 Å². The minimum atomic E-state index is -3.13. The smallest absolute Gasteiger partial charge is 0.328 e. The minimum absolute atomic E-state index is 0.0336. The number of hydrogen-bond donors (Lipinski definition) is 2. The summed E-state index contributed by atoms with van der Waals surface area (Å²) in [5.74, 6) is -1.60. The molecule has 0 saturated carbocycles. The van der Waals surface area contributed by atoms with E-state index in [-0.39, 0.29) is 12.3 Å². The van der Waals surface area contributed by atoms with Crippen LogP contribution in [-0.2, 0) is 14.6 Å². The normalized spacial score (nSPS) is 11.5. The van der Waals surface area contributed by atoms with E-state index < -0.39 is 21.7 Å². The molecule has 0 bridgehead atoms. The van der Waals surface area contributed by atoms with Crippen molar-refractivity contribution in [3.63, 3.8) is 0 Å². The summed E-state index contributed by atoms with van der Waals surface area (Å²) in [6.45, 7) is 1.83. The second kappa shape index (κ2) is 7.03. The summed E-state index contributed by atoms with van der Waals surface area (Å²) < 4.78 is 22.0. The Kier molecular flexibility index (Phi) is 5.66. The standard InChI is InChI=1S/C14H17NO5S/c1-10-3-4-12(9-11(10)5-6-13(16)17)14(18)15-7-8-21(2,19)20/h3-6,9H,7-8H2,1-2H3,(H,15,18)(H,16,17)/b6-5+. The van der Waals surface area contributed by atoms with Crippen LogP contribution in [0.15, 0.2) is 24.3 Å². The van der Waals surface area contributed by atoms with E-state index in [9.17, 15) is 18.0 Å². The van der Waals surface area contributed by atoms with Gasteiger partial charge in [-0.25, -0.2) is 13.2 Å². The van der Waals surface area contributed by atoms with Gasteiger partial charge in [0.25, 0.3) is 5.91 Å². The van der Waals surface area contributed by atoms with Crippen molar-refractivity contribution in [3.8, 4) is 0 Å². The Balaban J connectivity index is 2.81. The van der Waals surface area contributed by atoms with E-state index in [0.717, 1.165) is 17.9 Å². The Bertz CT molecular complexity index is 677. The van der Waals surface area contributed by atoms with Gasteiger partial charge in [0.15, 0.2) is 0 Å².